The van der Waals surface area contributed by atoms with E-state index in [2.05, 4.69) is 15.0 Å². The van der Waals surface area contributed by atoms with Crippen LogP contribution in [-0.4, -0.2) is 15.0 Å². The van der Waals surface area contributed by atoms with Crippen LogP contribution in [0.15, 0.2) is 51.8 Å². The highest BCUT2D eigenvalue weighted by Crippen LogP contribution is 2.29. The van der Waals surface area contributed by atoms with Crippen molar-refractivity contribution in [3.63, 3.8) is 0 Å². The number of fused-ring (bicyclic) bond motifs is 2. The van der Waals surface area contributed by atoms with Crippen LogP contribution in [-0.2, 0) is 0 Å². The standard InChI is InChI=1S/C15H8ClN3O2/c16-11-5-4-8-2-1-3-9(12(8)18-11)15-19-13-10(21-15)6-7-17-14(13)20/h1-7H,(H,17,20). The molecule has 1 N–H and O–H groups in total. The van der Waals surface area contributed by atoms with E-state index in [1.165, 1.54) is 6.20 Å². The third kappa shape index (κ3) is 1.90. The molecular weight excluding hydrogens is 290 g/mol. The molecule has 3 heterocycles. The molecule has 0 aliphatic carbocycles. The molecule has 0 aliphatic heterocycles. The highest BCUT2D eigenvalue weighted by atomic mass is 35.5. The lowest BCUT2D eigenvalue weighted by molar-refractivity contribution is 0.620. The fourth-order valence-electron chi connectivity index (χ4n) is 2.28. The van der Waals surface area contributed by atoms with Gasteiger partial charge in [-0.15, -0.1) is 0 Å². The summed E-state index contributed by atoms with van der Waals surface area (Å²) in [6.07, 6.45) is 1.53. The van der Waals surface area contributed by atoms with Gasteiger partial charge in [-0.1, -0.05) is 23.7 Å². The predicted molar refractivity (Wildman–Crippen MR) is 80.4 cm³/mol. The molecule has 0 spiro atoms. The summed E-state index contributed by atoms with van der Waals surface area (Å²) in [6.45, 7) is 0. The first-order valence-corrected chi connectivity index (χ1v) is 6.64. The number of nitrogens with zero attached hydrogens (tertiary/aromatic N) is 2. The fraction of sp³-hybridized carbons (Fsp3) is 0. The van der Waals surface area contributed by atoms with Gasteiger partial charge in [-0.25, -0.2) is 9.97 Å². The molecule has 21 heavy (non-hydrogen) atoms. The normalized spacial score (nSPS) is 11.3. The number of hydrogen-bond acceptors (Lipinski definition) is 4. The summed E-state index contributed by atoms with van der Waals surface area (Å²) < 4.78 is 5.67. The van der Waals surface area contributed by atoms with Crippen LogP contribution >= 0.6 is 11.6 Å². The molecule has 0 atom stereocenters. The van der Waals surface area contributed by atoms with Crippen LogP contribution < -0.4 is 5.56 Å². The number of H-pyrrole nitrogens is 1. The number of aromatic amines is 1. The summed E-state index contributed by atoms with van der Waals surface area (Å²) >= 11 is 5.96. The average Bonchev–Trinajstić information content (AvgIpc) is 2.92. The molecule has 0 fully saturated rings. The number of aromatic nitrogens is 3. The monoisotopic (exact) mass is 297 g/mol. The van der Waals surface area contributed by atoms with Crippen molar-refractivity contribution in [2.45, 2.75) is 0 Å². The van der Waals surface area contributed by atoms with Gasteiger partial charge < -0.3 is 9.40 Å². The van der Waals surface area contributed by atoms with Crippen molar-refractivity contribution in [2.75, 3.05) is 0 Å². The topological polar surface area (TPSA) is 71.8 Å². The third-order valence-corrected chi connectivity index (χ3v) is 3.44. The zero-order valence-electron chi connectivity index (χ0n) is 10.6. The quantitative estimate of drug-likeness (QED) is 0.547. The van der Waals surface area contributed by atoms with E-state index in [1.807, 2.05) is 24.3 Å². The van der Waals surface area contributed by atoms with Gasteiger partial charge in [0.1, 0.15) is 5.15 Å². The summed E-state index contributed by atoms with van der Waals surface area (Å²) in [5, 5.41) is 1.32. The van der Waals surface area contributed by atoms with Gasteiger partial charge in [0.05, 0.1) is 11.1 Å². The minimum atomic E-state index is -0.284. The molecular formula is C15H8ClN3O2. The van der Waals surface area contributed by atoms with Gasteiger partial charge >= 0.3 is 0 Å². The van der Waals surface area contributed by atoms with Crippen LogP contribution in [0.1, 0.15) is 0 Å². The Morgan fingerprint density at radius 3 is 2.81 bits per heavy atom. The van der Waals surface area contributed by atoms with Crippen LogP contribution in [0.2, 0.25) is 5.15 Å². The second kappa shape index (κ2) is 4.43. The average molecular weight is 298 g/mol. The third-order valence-electron chi connectivity index (χ3n) is 3.23. The van der Waals surface area contributed by atoms with Gasteiger partial charge in [0.25, 0.3) is 5.56 Å². The zero-order valence-corrected chi connectivity index (χ0v) is 11.4. The predicted octanol–water partition coefficient (Wildman–Crippen LogP) is 3.38. The molecule has 6 heteroatoms. The molecule has 0 bridgehead atoms. The second-order valence-electron chi connectivity index (χ2n) is 4.55. The number of halogens is 1. The van der Waals surface area contributed by atoms with Crippen molar-refractivity contribution < 1.29 is 4.42 Å². The molecule has 0 aliphatic rings. The smallest absolute Gasteiger partial charge is 0.277 e. The molecule has 0 radical (unpaired) electrons. The summed E-state index contributed by atoms with van der Waals surface area (Å²) in [5.41, 5.74) is 1.81. The minimum absolute atomic E-state index is 0.270. The Hall–Kier alpha value is -2.66. The lowest BCUT2D eigenvalue weighted by Crippen LogP contribution is -2.03. The highest BCUT2D eigenvalue weighted by molar-refractivity contribution is 6.29. The van der Waals surface area contributed by atoms with Crippen LogP contribution in [0.25, 0.3) is 33.5 Å². The summed E-state index contributed by atoms with van der Waals surface area (Å²) in [7, 11) is 0. The van der Waals surface area contributed by atoms with Crippen LogP contribution in [0.3, 0.4) is 0 Å². The molecule has 1 aromatic carbocycles. The first-order valence-electron chi connectivity index (χ1n) is 6.26. The summed E-state index contributed by atoms with van der Waals surface area (Å²) in [4.78, 5) is 22.9. The maximum Gasteiger partial charge on any atom is 0.277 e. The first kappa shape index (κ1) is 12.1. The largest absolute Gasteiger partial charge is 0.436 e. The lowest BCUT2D eigenvalue weighted by Gasteiger charge is -2.02. The molecule has 0 amide bonds. The van der Waals surface area contributed by atoms with Crippen molar-refractivity contribution in [1.29, 1.82) is 0 Å². The van der Waals surface area contributed by atoms with Gasteiger partial charge in [-0.05, 0) is 24.3 Å². The van der Waals surface area contributed by atoms with E-state index in [1.54, 1.807) is 12.1 Å². The second-order valence-corrected chi connectivity index (χ2v) is 4.94. The molecule has 0 unspecified atom stereocenters. The van der Waals surface area contributed by atoms with Crippen molar-refractivity contribution in [1.82, 2.24) is 15.0 Å². The van der Waals surface area contributed by atoms with Gasteiger partial charge in [-0.2, -0.15) is 0 Å². The Morgan fingerprint density at radius 1 is 1.05 bits per heavy atom. The van der Waals surface area contributed by atoms with Crippen molar-refractivity contribution in [3.8, 4) is 11.5 Å². The Labute approximate surface area is 123 Å². The van der Waals surface area contributed by atoms with Crippen molar-refractivity contribution >= 4 is 33.6 Å². The zero-order chi connectivity index (χ0) is 14.4. The van der Waals surface area contributed by atoms with Gasteiger partial charge in [0.15, 0.2) is 11.1 Å². The van der Waals surface area contributed by atoms with Gasteiger partial charge in [0, 0.05) is 11.6 Å². The molecule has 5 nitrogen and oxygen atoms in total. The SMILES string of the molecule is O=c1[nH]ccc2oc(-c3cccc4ccc(Cl)nc34)nc12. The van der Waals surface area contributed by atoms with E-state index >= 15 is 0 Å². The van der Waals surface area contributed by atoms with E-state index in [9.17, 15) is 4.79 Å². The lowest BCUT2D eigenvalue weighted by atomic mass is 10.1. The Kier molecular flexibility index (Phi) is 2.55. The van der Waals surface area contributed by atoms with Gasteiger partial charge in [0.2, 0.25) is 5.89 Å². The molecule has 4 aromatic rings. The highest BCUT2D eigenvalue weighted by Gasteiger charge is 2.14. The molecule has 4 rings (SSSR count). The van der Waals surface area contributed by atoms with Crippen LogP contribution in [0, 0.1) is 0 Å². The van der Waals surface area contributed by atoms with Crippen LogP contribution in [0.5, 0.6) is 0 Å². The number of rotatable bonds is 1. The minimum Gasteiger partial charge on any atom is -0.436 e. The van der Waals surface area contributed by atoms with E-state index in [0.29, 0.717) is 27.7 Å². The van der Waals surface area contributed by atoms with Crippen molar-refractivity contribution in [3.05, 3.63) is 58.1 Å². The van der Waals surface area contributed by atoms with E-state index in [4.69, 9.17) is 16.0 Å². The summed E-state index contributed by atoms with van der Waals surface area (Å²) in [6, 6.07) is 10.9. The molecule has 102 valence electrons. The number of hydrogen-bond donors (Lipinski definition) is 1. The Balaban J connectivity index is 2.06. The first-order chi connectivity index (χ1) is 10.2. The van der Waals surface area contributed by atoms with E-state index < -0.39 is 0 Å². The number of nitrogens with one attached hydrogen (secondary N) is 1. The maximum absolute atomic E-state index is 11.7. The number of pyridine rings is 2. The number of benzene rings is 1. The van der Waals surface area contributed by atoms with Crippen LogP contribution in [0.4, 0.5) is 0 Å². The summed E-state index contributed by atoms with van der Waals surface area (Å²) in [5.74, 6) is 0.349. The molecule has 0 saturated heterocycles. The Morgan fingerprint density at radius 2 is 1.95 bits per heavy atom. The van der Waals surface area contributed by atoms with Gasteiger partial charge in [-0.3, -0.25) is 4.79 Å². The number of oxazole rings is 1. The van der Waals surface area contributed by atoms with E-state index in [-0.39, 0.29) is 11.1 Å². The Bertz CT molecular complexity index is 1040. The maximum atomic E-state index is 11.7. The molecule has 0 saturated carbocycles. The molecule has 3 aromatic heterocycles. The number of para-hydroxylation sites is 1. The van der Waals surface area contributed by atoms with E-state index in [0.717, 1.165) is 5.39 Å². The fourth-order valence-corrected chi connectivity index (χ4v) is 2.43. The van der Waals surface area contributed by atoms with Crippen molar-refractivity contribution in [2.24, 2.45) is 0 Å².